The zero-order valence-electron chi connectivity index (χ0n) is 19.9. The third kappa shape index (κ3) is 3.83. The number of nitrogens with one attached hydrogen (secondary N) is 2. The lowest BCUT2D eigenvalue weighted by molar-refractivity contribution is -0.116. The summed E-state index contributed by atoms with van der Waals surface area (Å²) in [5.41, 5.74) is 5.95. The topological polar surface area (TPSA) is 105 Å². The summed E-state index contributed by atoms with van der Waals surface area (Å²) >= 11 is 0. The summed E-state index contributed by atoms with van der Waals surface area (Å²) in [6.45, 7) is 0. The predicted molar refractivity (Wildman–Crippen MR) is 144 cm³/mol. The molecule has 0 radical (unpaired) electrons. The molecular weight excluding hydrogens is 478 g/mol. The predicted octanol–water partition coefficient (Wildman–Crippen LogP) is 4.88. The van der Waals surface area contributed by atoms with E-state index >= 15 is 0 Å². The van der Waals surface area contributed by atoms with Gasteiger partial charge in [0.2, 0.25) is 5.78 Å². The number of Topliss-reactive ketones (excluding diaryl/α,β-unsaturated/α-hetero) is 1. The fraction of sp³-hybridized carbons (Fsp3) is 0. The lowest BCUT2D eigenvalue weighted by atomic mass is 9.83. The number of carbonyl (C=O) groups excluding carboxylic acids is 4. The van der Waals surface area contributed by atoms with E-state index in [1.807, 2.05) is 6.07 Å². The quantitative estimate of drug-likeness (QED) is 0.272. The Balaban J connectivity index is 1.38. The summed E-state index contributed by atoms with van der Waals surface area (Å²) in [7, 11) is 0. The fourth-order valence-corrected chi connectivity index (χ4v) is 4.66. The highest BCUT2D eigenvalue weighted by molar-refractivity contribution is 6.59. The summed E-state index contributed by atoms with van der Waals surface area (Å²) in [6, 6.07) is 27.5. The number of ketones is 3. The molecule has 0 fully saturated rings. The number of benzene rings is 4. The largest absolute Gasteiger partial charge is 0.322 e. The fourth-order valence-electron chi connectivity index (χ4n) is 4.66. The first kappa shape index (κ1) is 23.0. The van der Waals surface area contributed by atoms with Crippen LogP contribution in [0.25, 0.3) is 6.08 Å². The van der Waals surface area contributed by atoms with Crippen LogP contribution in [0.5, 0.6) is 0 Å². The van der Waals surface area contributed by atoms with Crippen molar-refractivity contribution in [3.8, 4) is 0 Å². The molecule has 0 unspecified atom stereocenters. The number of amides is 1. The van der Waals surface area contributed by atoms with Crippen molar-refractivity contribution in [2.75, 3.05) is 10.7 Å². The monoisotopic (exact) mass is 497 g/mol. The molecule has 6 rings (SSSR count). The smallest absolute Gasteiger partial charge is 0.259 e. The third-order valence-corrected chi connectivity index (χ3v) is 6.49. The van der Waals surface area contributed by atoms with Crippen LogP contribution < -0.4 is 10.7 Å². The summed E-state index contributed by atoms with van der Waals surface area (Å²) in [4.78, 5) is 52.9. The lowest BCUT2D eigenvalue weighted by Crippen LogP contribution is -2.30. The van der Waals surface area contributed by atoms with Crippen molar-refractivity contribution in [2.45, 2.75) is 0 Å². The zero-order valence-corrected chi connectivity index (χ0v) is 19.9. The first-order chi connectivity index (χ1) is 18.5. The molecule has 0 aliphatic heterocycles. The van der Waals surface area contributed by atoms with Crippen LogP contribution in [0.2, 0.25) is 0 Å². The van der Waals surface area contributed by atoms with Gasteiger partial charge in [0, 0.05) is 27.9 Å². The van der Waals surface area contributed by atoms with E-state index in [1.165, 1.54) is 0 Å². The Morgan fingerprint density at radius 3 is 2.00 bits per heavy atom. The van der Waals surface area contributed by atoms with Crippen molar-refractivity contribution in [3.05, 3.63) is 136 Å². The highest BCUT2D eigenvalue weighted by atomic mass is 16.2. The number of hydrazone groups is 1. The minimum absolute atomic E-state index is 0.0221. The molecule has 0 saturated heterocycles. The number of rotatable bonds is 4. The first-order valence-corrected chi connectivity index (χ1v) is 11.9. The molecule has 4 aromatic rings. The van der Waals surface area contributed by atoms with Gasteiger partial charge in [-0.3, -0.25) is 24.6 Å². The highest BCUT2D eigenvalue weighted by Gasteiger charge is 2.33. The van der Waals surface area contributed by atoms with Crippen LogP contribution in [0.15, 0.2) is 108 Å². The van der Waals surface area contributed by atoms with E-state index in [2.05, 4.69) is 15.8 Å². The van der Waals surface area contributed by atoms with Gasteiger partial charge >= 0.3 is 0 Å². The van der Waals surface area contributed by atoms with E-state index in [4.69, 9.17) is 0 Å². The van der Waals surface area contributed by atoms with Crippen molar-refractivity contribution in [2.24, 2.45) is 5.10 Å². The Labute approximate surface area is 217 Å². The molecule has 38 heavy (non-hydrogen) atoms. The zero-order chi connectivity index (χ0) is 26.2. The number of fused-ring (bicyclic) bond motifs is 3. The molecule has 7 heteroatoms. The summed E-state index contributed by atoms with van der Waals surface area (Å²) in [5.74, 6) is -1.69. The van der Waals surface area contributed by atoms with Gasteiger partial charge in [-0.1, -0.05) is 78.9 Å². The molecule has 0 spiro atoms. The molecule has 0 heterocycles. The van der Waals surface area contributed by atoms with Crippen LogP contribution >= 0.6 is 0 Å². The number of hydrogen-bond acceptors (Lipinski definition) is 6. The maximum atomic E-state index is 13.5. The standard InChI is InChI=1S/C31H19N3O4/c35-28-21-13-6-7-14-22(21)29(36)26-23(28)15-8-16-25(26)33-34-27-20-12-5-4-9-18(20)17-24(30(27)37)31(38)32-19-10-2-1-3-11-19/h1-17,33H,(H,32,38)/b34-27-. The third-order valence-electron chi connectivity index (χ3n) is 6.49. The SMILES string of the molecule is O=C(Nc1ccccc1)C1=Cc2ccccc2/C(=N/Nc2cccc3c2C(=O)c2ccccc2C3=O)C1=O. The van der Waals surface area contributed by atoms with Gasteiger partial charge in [-0.05, 0) is 29.8 Å². The van der Waals surface area contributed by atoms with Crippen LogP contribution in [0.4, 0.5) is 11.4 Å². The van der Waals surface area contributed by atoms with Crippen molar-refractivity contribution in [3.63, 3.8) is 0 Å². The van der Waals surface area contributed by atoms with Crippen molar-refractivity contribution < 1.29 is 19.2 Å². The molecule has 1 amide bonds. The first-order valence-electron chi connectivity index (χ1n) is 11.9. The number of nitrogens with zero attached hydrogens (tertiary/aromatic N) is 1. The lowest BCUT2D eigenvalue weighted by Gasteiger charge is -2.20. The maximum Gasteiger partial charge on any atom is 0.259 e. The molecule has 2 N–H and O–H groups in total. The average Bonchev–Trinajstić information content (AvgIpc) is 2.95. The molecule has 0 bridgehead atoms. The van der Waals surface area contributed by atoms with Crippen molar-refractivity contribution >= 4 is 46.4 Å². The van der Waals surface area contributed by atoms with Gasteiger partial charge in [-0.15, -0.1) is 0 Å². The van der Waals surface area contributed by atoms with E-state index in [-0.39, 0.29) is 39.7 Å². The van der Waals surface area contributed by atoms with Gasteiger partial charge in [0.25, 0.3) is 5.91 Å². The van der Waals surface area contributed by atoms with Crippen LogP contribution in [-0.4, -0.2) is 29.0 Å². The average molecular weight is 498 g/mol. The molecule has 0 saturated carbocycles. The maximum absolute atomic E-state index is 13.5. The van der Waals surface area contributed by atoms with E-state index in [1.54, 1.807) is 97.1 Å². The van der Waals surface area contributed by atoms with E-state index in [0.717, 1.165) is 0 Å². The molecule has 182 valence electrons. The van der Waals surface area contributed by atoms with Crippen LogP contribution in [0.1, 0.15) is 43.0 Å². The van der Waals surface area contributed by atoms with Crippen LogP contribution in [0.3, 0.4) is 0 Å². The summed E-state index contributed by atoms with van der Waals surface area (Å²) < 4.78 is 0. The summed E-state index contributed by atoms with van der Waals surface area (Å²) in [6.07, 6.45) is 1.54. The molecule has 4 aromatic carbocycles. The molecule has 2 aliphatic carbocycles. The normalized spacial score (nSPS) is 14.8. The molecule has 0 aromatic heterocycles. The Hall–Kier alpha value is -5.43. The number of hydrogen-bond donors (Lipinski definition) is 2. The molecule has 7 nitrogen and oxygen atoms in total. The second-order valence-electron chi connectivity index (χ2n) is 8.80. The van der Waals surface area contributed by atoms with Gasteiger partial charge in [-0.2, -0.15) is 5.10 Å². The van der Waals surface area contributed by atoms with Gasteiger partial charge < -0.3 is 5.32 Å². The minimum Gasteiger partial charge on any atom is -0.322 e. The number of anilines is 2. The molecular formula is C31H19N3O4. The van der Waals surface area contributed by atoms with Crippen molar-refractivity contribution in [1.82, 2.24) is 0 Å². The van der Waals surface area contributed by atoms with Crippen LogP contribution in [0, 0.1) is 0 Å². The van der Waals surface area contributed by atoms with E-state index in [9.17, 15) is 19.2 Å². The van der Waals surface area contributed by atoms with Gasteiger partial charge in [-0.25, -0.2) is 0 Å². The van der Waals surface area contributed by atoms with Crippen LogP contribution in [-0.2, 0) is 9.59 Å². The Bertz CT molecular complexity index is 1740. The van der Waals surface area contributed by atoms with E-state index < -0.39 is 11.7 Å². The second-order valence-corrected chi connectivity index (χ2v) is 8.80. The molecule has 0 atom stereocenters. The van der Waals surface area contributed by atoms with Crippen molar-refractivity contribution in [1.29, 1.82) is 0 Å². The highest BCUT2D eigenvalue weighted by Crippen LogP contribution is 2.32. The van der Waals surface area contributed by atoms with Gasteiger partial charge in [0.05, 0.1) is 16.8 Å². The number of carbonyl (C=O) groups is 4. The Morgan fingerprint density at radius 1 is 0.605 bits per heavy atom. The number of para-hydroxylation sites is 1. The Kier molecular flexibility index (Phi) is 5.58. The Morgan fingerprint density at radius 2 is 1.24 bits per heavy atom. The summed E-state index contributed by atoms with van der Waals surface area (Å²) in [5, 5.41) is 7.11. The second kappa shape index (κ2) is 9.22. The van der Waals surface area contributed by atoms with Gasteiger partial charge in [0.15, 0.2) is 11.6 Å². The molecule has 2 aliphatic rings. The van der Waals surface area contributed by atoms with E-state index in [0.29, 0.717) is 27.9 Å². The minimum atomic E-state index is -0.567. The van der Waals surface area contributed by atoms with Gasteiger partial charge in [0.1, 0.15) is 5.71 Å².